The van der Waals surface area contributed by atoms with E-state index in [2.05, 4.69) is 10.3 Å². The van der Waals surface area contributed by atoms with E-state index in [-0.39, 0.29) is 5.91 Å². The molecule has 1 aromatic heterocycles. The number of carbonyl (C=O) groups excluding carboxylic acids is 1. The molecule has 1 aliphatic carbocycles. The Morgan fingerprint density at radius 3 is 2.81 bits per heavy atom. The lowest BCUT2D eigenvalue weighted by Gasteiger charge is -2.19. The minimum atomic E-state index is -0.00941. The maximum atomic E-state index is 12.3. The van der Waals surface area contributed by atoms with Crippen molar-refractivity contribution in [1.82, 2.24) is 9.88 Å². The molecule has 116 valence electrons. The average molecular weight is 291 g/mol. The van der Waals surface area contributed by atoms with Crippen molar-refractivity contribution in [2.75, 3.05) is 25.5 Å². The lowest BCUT2D eigenvalue weighted by Crippen LogP contribution is -2.31. The highest BCUT2D eigenvalue weighted by molar-refractivity contribution is 5.93. The van der Waals surface area contributed by atoms with Crippen LogP contribution in [0.1, 0.15) is 43.6 Å². The maximum Gasteiger partial charge on any atom is 0.272 e. The Morgan fingerprint density at radius 1 is 1.43 bits per heavy atom. The predicted molar refractivity (Wildman–Crippen MR) is 83.5 cm³/mol. The molecule has 0 spiro atoms. The van der Waals surface area contributed by atoms with E-state index in [1.165, 1.54) is 0 Å². The van der Waals surface area contributed by atoms with Crippen LogP contribution in [0.3, 0.4) is 0 Å². The Morgan fingerprint density at radius 2 is 2.19 bits per heavy atom. The highest BCUT2D eigenvalue weighted by Crippen LogP contribution is 2.25. The zero-order valence-electron chi connectivity index (χ0n) is 13.1. The van der Waals surface area contributed by atoms with Gasteiger partial charge in [-0.1, -0.05) is 0 Å². The highest BCUT2D eigenvalue weighted by Gasteiger charge is 2.24. The first kappa shape index (κ1) is 15.8. The van der Waals surface area contributed by atoms with Crippen LogP contribution < -0.4 is 5.32 Å². The first-order valence-corrected chi connectivity index (χ1v) is 7.72. The van der Waals surface area contributed by atoms with Gasteiger partial charge in [0.1, 0.15) is 5.69 Å². The summed E-state index contributed by atoms with van der Waals surface area (Å²) < 4.78 is 5.39. The summed E-state index contributed by atoms with van der Waals surface area (Å²) in [7, 11) is 1.76. The fourth-order valence-corrected chi connectivity index (χ4v) is 2.83. The molecular weight excluding hydrogens is 266 g/mol. The Hall–Kier alpha value is -1.62. The van der Waals surface area contributed by atoms with Crippen LogP contribution in [0.5, 0.6) is 0 Å². The fourth-order valence-electron chi connectivity index (χ4n) is 2.83. The summed E-state index contributed by atoms with van der Waals surface area (Å²) in [5.41, 5.74) is 1.47. The van der Waals surface area contributed by atoms with Gasteiger partial charge in [0.25, 0.3) is 5.91 Å². The van der Waals surface area contributed by atoms with Gasteiger partial charge in [-0.2, -0.15) is 0 Å². The Kier molecular flexibility index (Phi) is 5.56. The maximum absolute atomic E-state index is 12.3. The Balaban J connectivity index is 2.02. The number of anilines is 1. The van der Waals surface area contributed by atoms with E-state index in [4.69, 9.17) is 4.74 Å². The number of pyridine rings is 1. The van der Waals surface area contributed by atoms with E-state index in [1.807, 2.05) is 26.0 Å². The zero-order chi connectivity index (χ0) is 15.2. The van der Waals surface area contributed by atoms with E-state index in [0.29, 0.717) is 30.9 Å². The molecule has 21 heavy (non-hydrogen) atoms. The van der Waals surface area contributed by atoms with Gasteiger partial charge in [-0.05, 0) is 45.2 Å². The molecule has 1 aliphatic rings. The molecule has 0 aliphatic heterocycles. The molecule has 0 radical (unpaired) electrons. The minimum absolute atomic E-state index is 0.00941. The molecule has 2 atom stereocenters. The van der Waals surface area contributed by atoms with Gasteiger partial charge >= 0.3 is 0 Å². The van der Waals surface area contributed by atoms with Crippen molar-refractivity contribution in [2.24, 2.45) is 0 Å². The molecule has 1 aromatic rings. The molecule has 2 unspecified atom stereocenters. The van der Waals surface area contributed by atoms with Gasteiger partial charge in [0.05, 0.1) is 6.10 Å². The van der Waals surface area contributed by atoms with Crippen molar-refractivity contribution in [2.45, 2.75) is 45.3 Å². The molecule has 5 nitrogen and oxygen atoms in total. The largest absolute Gasteiger partial charge is 0.382 e. The third-order valence-corrected chi connectivity index (χ3v) is 4.12. The van der Waals surface area contributed by atoms with E-state index in [1.54, 1.807) is 18.2 Å². The van der Waals surface area contributed by atoms with E-state index in [0.717, 1.165) is 24.9 Å². The summed E-state index contributed by atoms with van der Waals surface area (Å²) in [4.78, 5) is 18.3. The van der Waals surface area contributed by atoms with Crippen LogP contribution in [0, 0.1) is 0 Å². The van der Waals surface area contributed by atoms with Gasteiger partial charge in [-0.15, -0.1) is 0 Å². The SMILES string of the molecule is CCN(CC)C(=O)c1cc(NC2CCC(OC)C2)ccn1. The molecule has 1 amide bonds. The van der Waals surface area contributed by atoms with Gasteiger partial charge in [0.2, 0.25) is 0 Å². The monoisotopic (exact) mass is 291 g/mol. The van der Waals surface area contributed by atoms with Crippen molar-refractivity contribution < 1.29 is 9.53 Å². The van der Waals surface area contributed by atoms with Gasteiger partial charge in [0, 0.05) is 38.1 Å². The Labute approximate surface area is 126 Å². The third kappa shape index (κ3) is 3.94. The summed E-state index contributed by atoms with van der Waals surface area (Å²) in [6, 6.07) is 4.17. The van der Waals surface area contributed by atoms with Gasteiger partial charge in [-0.3, -0.25) is 9.78 Å². The normalized spacial score (nSPS) is 21.3. The van der Waals surface area contributed by atoms with Gasteiger partial charge < -0.3 is 15.0 Å². The average Bonchev–Trinajstić information content (AvgIpc) is 2.96. The van der Waals surface area contributed by atoms with Gasteiger partial charge in [0.15, 0.2) is 0 Å². The topological polar surface area (TPSA) is 54.5 Å². The third-order valence-electron chi connectivity index (χ3n) is 4.12. The van der Waals surface area contributed by atoms with Crippen molar-refractivity contribution in [3.8, 4) is 0 Å². The van der Waals surface area contributed by atoms with Crippen molar-refractivity contribution in [3.05, 3.63) is 24.0 Å². The highest BCUT2D eigenvalue weighted by atomic mass is 16.5. The van der Waals surface area contributed by atoms with Crippen LogP contribution in [0.25, 0.3) is 0 Å². The first-order chi connectivity index (χ1) is 10.2. The molecule has 1 heterocycles. The number of rotatable bonds is 6. The summed E-state index contributed by atoms with van der Waals surface area (Å²) in [5.74, 6) is -0.00941. The molecule has 0 saturated heterocycles. The molecule has 0 aromatic carbocycles. The van der Waals surface area contributed by atoms with Gasteiger partial charge in [-0.25, -0.2) is 0 Å². The van der Waals surface area contributed by atoms with Crippen LogP contribution in [0.2, 0.25) is 0 Å². The van der Waals surface area contributed by atoms with Crippen LogP contribution in [-0.4, -0.2) is 48.1 Å². The van der Waals surface area contributed by atoms with Crippen LogP contribution in [0.15, 0.2) is 18.3 Å². The summed E-state index contributed by atoms with van der Waals surface area (Å²) in [6.45, 7) is 5.36. The number of methoxy groups -OCH3 is 1. The number of aromatic nitrogens is 1. The fraction of sp³-hybridized carbons (Fsp3) is 0.625. The molecule has 0 bridgehead atoms. The number of carbonyl (C=O) groups is 1. The number of amides is 1. The standard InChI is InChI=1S/C16H25N3O2/c1-4-19(5-2)16(20)15-11-13(8-9-17-15)18-12-6-7-14(10-12)21-3/h8-9,11-12,14H,4-7,10H2,1-3H3,(H,17,18). The number of nitrogens with zero attached hydrogens (tertiary/aromatic N) is 2. The van der Waals surface area contributed by atoms with E-state index >= 15 is 0 Å². The van der Waals surface area contributed by atoms with Crippen LogP contribution in [-0.2, 0) is 4.74 Å². The first-order valence-electron chi connectivity index (χ1n) is 7.72. The molecule has 1 saturated carbocycles. The number of hydrogen-bond acceptors (Lipinski definition) is 4. The van der Waals surface area contributed by atoms with Crippen LogP contribution in [0.4, 0.5) is 5.69 Å². The van der Waals surface area contributed by atoms with Crippen LogP contribution >= 0.6 is 0 Å². The predicted octanol–water partition coefficient (Wildman–Crippen LogP) is 2.54. The summed E-state index contributed by atoms with van der Waals surface area (Å²) in [6.07, 6.45) is 5.24. The molecule has 2 rings (SSSR count). The number of nitrogens with one attached hydrogen (secondary N) is 1. The molecule has 1 fully saturated rings. The molecule has 5 heteroatoms. The second-order valence-electron chi connectivity index (χ2n) is 5.42. The summed E-state index contributed by atoms with van der Waals surface area (Å²) >= 11 is 0. The quantitative estimate of drug-likeness (QED) is 0.875. The molecule has 1 N–H and O–H groups in total. The second kappa shape index (κ2) is 7.41. The lowest BCUT2D eigenvalue weighted by molar-refractivity contribution is 0.0767. The lowest BCUT2D eigenvalue weighted by atomic mass is 10.2. The van der Waals surface area contributed by atoms with E-state index < -0.39 is 0 Å². The van der Waals surface area contributed by atoms with Crippen molar-refractivity contribution in [1.29, 1.82) is 0 Å². The number of ether oxygens (including phenoxy) is 1. The zero-order valence-corrected chi connectivity index (χ0v) is 13.1. The summed E-state index contributed by atoms with van der Waals surface area (Å²) in [5, 5.41) is 3.48. The smallest absolute Gasteiger partial charge is 0.272 e. The van der Waals surface area contributed by atoms with Crippen molar-refractivity contribution in [3.63, 3.8) is 0 Å². The number of hydrogen-bond donors (Lipinski definition) is 1. The Bertz CT molecular complexity index is 474. The van der Waals surface area contributed by atoms with E-state index in [9.17, 15) is 4.79 Å². The minimum Gasteiger partial charge on any atom is -0.382 e. The van der Waals surface area contributed by atoms with Crippen molar-refractivity contribution >= 4 is 11.6 Å². The second-order valence-corrected chi connectivity index (χ2v) is 5.42. The molecular formula is C16H25N3O2.